The topological polar surface area (TPSA) is 58.9 Å². The van der Waals surface area contributed by atoms with Gasteiger partial charge in [-0.3, -0.25) is 0 Å². The van der Waals surface area contributed by atoms with Gasteiger partial charge < -0.3 is 19.7 Å². The molecule has 0 spiro atoms. The summed E-state index contributed by atoms with van der Waals surface area (Å²) in [4.78, 5) is 0. The van der Waals surface area contributed by atoms with Crippen LogP contribution >= 0.6 is 0 Å². The van der Waals surface area contributed by atoms with Crippen molar-refractivity contribution in [3.63, 3.8) is 0 Å². The second kappa shape index (κ2) is 14.7. The predicted octanol–water partition coefficient (Wildman–Crippen LogP) is 7.14. The minimum atomic E-state index is -0.977. The van der Waals surface area contributed by atoms with E-state index in [1.54, 1.807) is 6.92 Å². The molecule has 0 aliphatic carbocycles. The molecule has 0 amide bonds. The van der Waals surface area contributed by atoms with Crippen molar-refractivity contribution < 1.29 is 19.7 Å². The van der Waals surface area contributed by atoms with Crippen LogP contribution in [0.1, 0.15) is 56.7 Å². The molecule has 3 rings (SSSR count). The first kappa shape index (κ1) is 28.6. The first-order valence-electron chi connectivity index (χ1n) is 13.5. The Morgan fingerprint density at radius 1 is 0.838 bits per heavy atom. The summed E-state index contributed by atoms with van der Waals surface area (Å²) >= 11 is 0. The molecule has 3 aromatic carbocycles. The SMILES string of the molecule is C=C(C)C(O)OCCc1cc(-c2ccc(-c3ccc(CCCCC)cc3)cc2CC)ccc1OCCO. The Bertz CT molecular complexity index is 1130. The van der Waals surface area contributed by atoms with Crippen LogP contribution in [0.25, 0.3) is 22.3 Å². The monoisotopic (exact) mass is 502 g/mol. The van der Waals surface area contributed by atoms with Gasteiger partial charge in [0.2, 0.25) is 0 Å². The Balaban J connectivity index is 1.83. The highest BCUT2D eigenvalue weighted by molar-refractivity contribution is 5.75. The van der Waals surface area contributed by atoms with E-state index in [1.807, 2.05) is 6.07 Å². The van der Waals surface area contributed by atoms with E-state index >= 15 is 0 Å². The van der Waals surface area contributed by atoms with Crippen LogP contribution in [0.5, 0.6) is 5.75 Å². The van der Waals surface area contributed by atoms with Gasteiger partial charge in [0, 0.05) is 0 Å². The van der Waals surface area contributed by atoms with E-state index in [4.69, 9.17) is 9.47 Å². The van der Waals surface area contributed by atoms with E-state index in [-0.39, 0.29) is 13.2 Å². The van der Waals surface area contributed by atoms with E-state index < -0.39 is 6.29 Å². The molecule has 0 bridgehead atoms. The lowest BCUT2D eigenvalue weighted by Gasteiger charge is -2.17. The minimum absolute atomic E-state index is 0.0484. The predicted molar refractivity (Wildman–Crippen MR) is 153 cm³/mol. The number of hydrogen-bond acceptors (Lipinski definition) is 4. The van der Waals surface area contributed by atoms with Gasteiger partial charge in [0.1, 0.15) is 12.4 Å². The van der Waals surface area contributed by atoms with Gasteiger partial charge in [0.15, 0.2) is 6.29 Å². The van der Waals surface area contributed by atoms with Crippen LogP contribution in [0.2, 0.25) is 0 Å². The number of rotatable bonds is 15. The molecule has 0 heterocycles. The molecule has 198 valence electrons. The standard InChI is InChI=1S/C33H42O4/c1-5-7-8-9-25-10-12-27(13-11-25)28-14-16-31(26(6-2)22-28)29-15-17-32(36-21-19-34)30(23-29)18-20-37-33(35)24(3)4/h10-17,22-23,33-35H,3,5-9,18-21H2,1-2,4H3. The summed E-state index contributed by atoms with van der Waals surface area (Å²) in [5.41, 5.74) is 9.01. The third-order valence-corrected chi connectivity index (χ3v) is 6.63. The summed E-state index contributed by atoms with van der Waals surface area (Å²) in [6.45, 7) is 10.4. The van der Waals surface area contributed by atoms with Crippen LogP contribution in [-0.2, 0) is 24.0 Å². The maximum Gasteiger partial charge on any atom is 0.176 e. The molecule has 0 saturated carbocycles. The fourth-order valence-corrected chi connectivity index (χ4v) is 4.45. The molecule has 3 aromatic rings. The van der Waals surface area contributed by atoms with Crippen LogP contribution in [0.3, 0.4) is 0 Å². The number of hydrogen-bond donors (Lipinski definition) is 2. The fraction of sp³-hybridized carbons (Fsp3) is 0.394. The van der Waals surface area contributed by atoms with Gasteiger partial charge >= 0.3 is 0 Å². The highest BCUT2D eigenvalue weighted by Gasteiger charge is 2.12. The van der Waals surface area contributed by atoms with Crippen molar-refractivity contribution in [2.45, 2.75) is 65.6 Å². The van der Waals surface area contributed by atoms with Crippen LogP contribution in [-0.4, -0.2) is 36.3 Å². The zero-order chi connectivity index (χ0) is 26.6. The van der Waals surface area contributed by atoms with Gasteiger partial charge in [0.05, 0.1) is 13.2 Å². The van der Waals surface area contributed by atoms with Crippen molar-refractivity contribution in [3.05, 3.63) is 89.5 Å². The third kappa shape index (κ3) is 8.29. The molecule has 0 aliphatic heterocycles. The minimum Gasteiger partial charge on any atom is -0.491 e. The van der Waals surface area contributed by atoms with E-state index in [9.17, 15) is 10.2 Å². The maximum atomic E-state index is 9.91. The summed E-state index contributed by atoms with van der Waals surface area (Å²) in [5, 5.41) is 19.1. The molecule has 0 aliphatic rings. The fourth-order valence-electron chi connectivity index (χ4n) is 4.45. The van der Waals surface area contributed by atoms with Crippen LogP contribution < -0.4 is 4.74 Å². The number of aliphatic hydroxyl groups excluding tert-OH is 2. The van der Waals surface area contributed by atoms with Crippen molar-refractivity contribution >= 4 is 0 Å². The van der Waals surface area contributed by atoms with Crippen molar-refractivity contribution in [1.82, 2.24) is 0 Å². The lowest BCUT2D eigenvalue weighted by Crippen LogP contribution is -2.15. The molecule has 0 saturated heterocycles. The molecule has 0 aromatic heterocycles. The Hall–Kier alpha value is -2.92. The summed E-state index contributed by atoms with van der Waals surface area (Å²) in [6, 6.07) is 21.8. The lowest BCUT2D eigenvalue weighted by atomic mass is 9.92. The average Bonchev–Trinajstić information content (AvgIpc) is 2.92. The van der Waals surface area contributed by atoms with Crippen molar-refractivity contribution in [2.75, 3.05) is 19.8 Å². The molecule has 4 nitrogen and oxygen atoms in total. The molecule has 0 radical (unpaired) electrons. The molecular formula is C33H42O4. The Labute approximate surface area is 222 Å². The molecule has 37 heavy (non-hydrogen) atoms. The molecule has 2 N–H and O–H groups in total. The van der Waals surface area contributed by atoms with Gasteiger partial charge in [-0.1, -0.05) is 81.8 Å². The van der Waals surface area contributed by atoms with Crippen LogP contribution in [0.15, 0.2) is 72.8 Å². The zero-order valence-corrected chi connectivity index (χ0v) is 22.6. The molecular weight excluding hydrogens is 460 g/mol. The van der Waals surface area contributed by atoms with Gasteiger partial charge in [-0.15, -0.1) is 0 Å². The number of aliphatic hydroxyl groups is 2. The van der Waals surface area contributed by atoms with Crippen molar-refractivity contribution in [2.24, 2.45) is 0 Å². The van der Waals surface area contributed by atoms with Gasteiger partial charge in [-0.05, 0) is 89.3 Å². The molecule has 4 heteroatoms. The summed E-state index contributed by atoms with van der Waals surface area (Å²) in [5.74, 6) is 0.722. The smallest absolute Gasteiger partial charge is 0.176 e. The number of unbranched alkanes of at least 4 members (excludes halogenated alkanes) is 2. The maximum absolute atomic E-state index is 9.91. The number of aryl methyl sites for hydroxylation is 2. The second-order valence-electron chi connectivity index (χ2n) is 9.59. The first-order chi connectivity index (χ1) is 18.0. The van der Waals surface area contributed by atoms with E-state index in [1.165, 1.54) is 47.1 Å². The third-order valence-electron chi connectivity index (χ3n) is 6.63. The highest BCUT2D eigenvalue weighted by atomic mass is 16.6. The number of benzene rings is 3. The Morgan fingerprint density at radius 2 is 1.54 bits per heavy atom. The van der Waals surface area contributed by atoms with E-state index in [2.05, 4.69) is 75.0 Å². The molecule has 1 atom stereocenters. The summed E-state index contributed by atoms with van der Waals surface area (Å²) in [6.07, 6.45) is 5.43. The van der Waals surface area contributed by atoms with Crippen molar-refractivity contribution in [3.8, 4) is 28.0 Å². The summed E-state index contributed by atoms with van der Waals surface area (Å²) in [7, 11) is 0. The normalized spacial score (nSPS) is 11.9. The highest BCUT2D eigenvalue weighted by Crippen LogP contribution is 2.33. The Morgan fingerprint density at radius 3 is 2.22 bits per heavy atom. The quantitative estimate of drug-likeness (QED) is 0.132. The molecule has 0 fully saturated rings. The lowest BCUT2D eigenvalue weighted by molar-refractivity contribution is -0.0706. The van der Waals surface area contributed by atoms with Crippen LogP contribution in [0.4, 0.5) is 0 Å². The van der Waals surface area contributed by atoms with Gasteiger partial charge in [0.25, 0.3) is 0 Å². The number of ether oxygens (including phenoxy) is 2. The van der Waals surface area contributed by atoms with Crippen molar-refractivity contribution in [1.29, 1.82) is 0 Å². The van der Waals surface area contributed by atoms with E-state index in [0.29, 0.717) is 18.6 Å². The summed E-state index contributed by atoms with van der Waals surface area (Å²) < 4.78 is 11.3. The first-order valence-corrected chi connectivity index (χ1v) is 13.5. The second-order valence-corrected chi connectivity index (χ2v) is 9.59. The average molecular weight is 503 g/mol. The zero-order valence-electron chi connectivity index (χ0n) is 22.6. The molecule has 1 unspecified atom stereocenters. The van der Waals surface area contributed by atoms with E-state index in [0.717, 1.165) is 29.7 Å². The van der Waals surface area contributed by atoms with Crippen LogP contribution in [0, 0.1) is 0 Å². The largest absolute Gasteiger partial charge is 0.491 e. The van der Waals surface area contributed by atoms with Gasteiger partial charge in [-0.25, -0.2) is 0 Å². The van der Waals surface area contributed by atoms with Gasteiger partial charge in [-0.2, -0.15) is 0 Å². The Kier molecular flexibility index (Phi) is 11.4.